The molecule has 4 rings (SSSR count). The number of ether oxygens (including phenoxy) is 1. The molecule has 1 aliphatic rings. The van der Waals surface area contributed by atoms with Gasteiger partial charge in [0.1, 0.15) is 34.6 Å². The van der Waals surface area contributed by atoms with Crippen molar-refractivity contribution in [3.8, 4) is 17.6 Å². The van der Waals surface area contributed by atoms with Gasteiger partial charge in [-0.05, 0) is 78.1 Å². The maximum absolute atomic E-state index is 15.0. The molecule has 0 bridgehead atoms. The van der Waals surface area contributed by atoms with Crippen molar-refractivity contribution in [2.45, 2.75) is 64.2 Å². The molecule has 0 N–H and O–H groups in total. The molecule has 0 spiro atoms. The van der Waals surface area contributed by atoms with Crippen LogP contribution in [0.2, 0.25) is 0 Å². The Morgan fingerprint density at radius 2 is 1.61 bits per heavy atom. The lowest BCUT2D eigenvalue weighted by Crippen LogP contribution is -2.25. The van der Waals surface area contributed by atoms with Gasteiger partial charge in [0.25, 0.3) is 0 Å². The topological polar surface area (TPSA) is 9.23 Å². The van der Waals surface area contributed by atoms with Crippen LogP contribution in [0.3, 0.4) is 0 Å². The van der Waals surface area contributed by atoms with Crippen LogP contribution in [-0.4, -0.2) is 6.18 Å². The predicted molar refractivity (Wildman–Crippen MR) is 137 cm³/mol. The van der Waals surface area contributed by atoms with Crippen molar-refractivity contribution in [2.24, 2.45) is 5.92 Å². The van der Waals surface area contributed by atoms with Crippen LogP contribution in [-0.2, 0) is 6.11 Å². The summed E-state index contributed by atoms with van der Waals surface area (Å²) in [6.07, 6.45) is -1.08. The highest BCUT2D eigenvalue weighted by molar-refractivity contribution is 5.86. The van der Waals surface area contributed by atoms with E-state index < -0.39 is 57.8 Å². The molecule has 3 aromatic rings. The third-order valence-electron chi connectivity index (χ3n) is 7.01. The standard InChI is InChI=1S/C31H25F9O/c1-2-3-4-5-18-6-8-19(9-7-18)20-15-26(33)28(27(34)16-20)31(39,40)41-22-10-11-23-21(14-22)17-25(32)24(29(23)35)12-13-30(36,37)38/h8,10-11,14-18H,2-7,9H2,1H3. The van der Waals surface area contributed by atoms with Crippen molar-refractivity contribution in [3.05, 3.63) is 82.4 Å². The van der Waals surface area contributed by atoms with Crippen molar-refractivity contribution in [3.63, 3.8) is 0 Å². The Hall–Kier alpha value is -3.61. The normalized spacial score (nSPS) is 15.9. The molecule has 3 aromatic carbocycles. The SMILES string of the molecule is CCCCCC1CC=C(c2cc(F)c(C(F)(F)Oc3ccc4c(F)c(C#CC(F)(F)F)c(F)cc4c3)c(F)c2)CC1. The zero-order chi connectivity index (χ0) is 29.9. The molecule has 0 radical (unpaired) electrons. The molecule has 0 aromatic heterocycles. The second-order valence-corrected chi connectivity index (χ2v) is 9.98. The number of allylic oxidation sites excluding steroid dienone is 2. The van der Waals surface area contributed by atoms with E-state index in [0.717, 1.165) is 74.8 Å². The Balaban J connectivity index is 1.56. The fourth-order valence-electron chi connectivity index (χ4n) is 4.95. The first-order valence-corrected chi connectivity index (χ1v) is 13.1. The molecule has 0 amide bonds. The van der Waals surface area contributed by atoms with E-state index >= 15 is 0 Å². The van der Waals surface area contributed by atoms with Crippen LogP contribution in [0.25, 0.3) is 16.3 Å². The molecule has 1 aliphatic carbocycles. The van der Waals surface area contributed by atoms with Crippen molar-refractivity contribution in [2.75, 3.05) is 0 Å². The van der Waals surface area contributed by atoms with Gasteiger partial charge >= 0.3 is 12.3 Å². The second-order valence-electron chi connectivity index (χ2n) is 9.98. The number of halogens is 9. The summed E-state index contributed by atoms with van der Waals surface area (Å²) in [6.45, 7) is 2.11. The van der Waals surface area contributed by atoms with E-state index in [4.69, 9.17) is 0 Å². The van der Waals surface area contributed by atoms with Gasteiger partial charge in [-0.25, -0.2) is 17.6 Å². The van der Waals surface area contributed by atoms with Gasteiger partial charge in [-0.1, -0.05) is 44.6 Å². The first-order chi connectivity index (χ1) is 19.3. The minimum atomic E-state index is -5.00. The smallest absolute Gasteiger partial charge is 0.429 e. The molecule has 10 heteroatoms. The van der Waals surface area contributed by atoms with Crippen LogP contribution in [0.1, 0.15) is 68.6 Å². The van der Waals surface area contributed by atoms with E-state index in [2.05, 4.69) is 11.7 Å². The van der Waals surface area contributed by atoms with E-state index in [0.29, 0.717) is 24.0 Å². The highest BCUT2D eigenvalue weighted by Gasteiger charge is 2.41. The molecule has 0 fully saturated rings. The van der Waals surface area contributed by atoms with E-state index in [1.807, 2.05) is 6.08 Å². The van der Waals surface area contributed by atoms with Crippen molar-refractivity contribution < 1.29 is 44.3 Å². The van der Waals surface area contributed by atoms with Gasteiger partial charge < -0.3 is 4.74 Å². The van der Waals surface area contributed by atoms with Gasteiger partial charge in [0.05, 0.1) is 5.56 Å². The van der Waals surface area contributed by atoms with Crippen LogP contribution in [0, 0.1) is 41.0 Å². The maximum atomic E-state index is 15.0. The summed E-state index contributed by atoms with van der Waals surface area (Å²) in [5.74, 6) is -4.04. The first kappa shape index (κ1) is 30.4. The number of hydrogen-bond acceptors (Lipinski definition) is 1. The molecule has 218 valence electrons. The van der Waals surface area contributed by atoms with E-state index in [-0.39, 0.29) is 10.9 Å². The van der Waals surface area contributed by atoms with Crippen LogP contribution < -0.4 is 4.74 Å². The molecule has 41 heavy (non-hydrogen) atoms. The lowest BCUT2D eigenvalue weighted by atomic mass is 9.83. The second kappa shape index (κ2) is 12.1. The number of hydrogen-bond donors (Lipinski definition) is 0. The molecule has 1 nitrogen and oxygen atoms in total. The molecule has 0 saturated carbocycles. The van der Waals surface area contributed by atoms with Crippen molar-refractivity contribution in [1.82, 2.24) is 0 Å². The number of benzene rings is 3. The van der Waals surface area contributed by atoms with Crippen molar-refractivity contribution in [1.29, 1.82) is 0 Å². The van der Waals surface area contributed by atoms with E-state index in [1.165, 1.54) is 5.92 Å². The minimum Gasteiger partial charge on any atom is -0.429 e. The van der Waals surface area contributed by atoms with Gasteiger partial charge in [-0.15, -0.1) is 0 Å². The summed E-state index contributed by atoms with van der Waals surface area (Å²) in [5.41, 5.74) is -1.96. The van der Waals surface area contributed by atoms with Crippen LogP contribution in [0.4, 0.5) is 39.5 Å². The Morgan fingerprint density at radius 1 is 0.902 bits per heavy atom. The van der Waals surface area contributed by atoms with E-state index in [9.17, 15) is 39.5 Å². The fourth-order valence-corrected chi connectivity index (χ4v) is 4.95. The van der Waals surface area contributed by atoms with Gasteiger partial charge in [0, 0.05) is 11.3 Å². The average molecular weight is 585 g/mol. The number of rotatable bonds is 8. The lowest BCUT2D eigenvalue weighted by Gasteiger charge is -2.23. The third kappa shape index (κ3) is 7.19. The van der Waals surface area contributed by atoms with Gasteiger partial charge in [0.15, 0.2) is 0 Å². The highest BCUT2D eigenvalue weighted by Crippen LogP contribution is 2.39. The Morgan fingerprint density at radius 3 is 2.22 bits per heavy atom. The zero-order valence-corrected chi connectivity index (χ0v) is 21.9. The van der Waals surface area contributed by atoms with Crippen LogP contribution in [0.15, 0.2) is 42.5 Å². The number of alkyl halides is 5. The summed E-state index contributed by atoms with van der Waals surface area (Å²) < 4.78 is 130. The molecule has 1 unspecified atom stereocenters. The molecule has 0 saturated heterocycles. The predicted octanol–water partition coefficient (Wildman–Crippen LogP) is 10.2. The molecule has 0 aliphatic heterocycles. The highest BCUT2D eigenvalue weighted by atomic mass is 19.4. The van der Waals surface area contributed by atoms with E-state index in [1.54, 1.807) is 0 Å². The van der Waals surface area contributed by atoms with Gasteiger partial charge in [-0.3, -0.25) is 0 Å². The van der Waals surface area contributed by atoms with Gasteiger partial charge in [0.2, 0.25) is 0 Å². The zero-order valence-electron chi connectivity index (χ0n) is 21.9. The average Bonchev–Trinajstić information content (AvgIpc) is 2.87. The summed E-state index contributed by atoms with van der Waals surface area (Å²) in [5, 5.41) is -0.775. The summed E-state index contributed by atoms with van der Waals surface area (Å²) in [4.78, 5) is 0. The largest absolute Gasteiger partial charge is 0.458 e. The molecule has 1 atom stereocenters. The number of fused-ring (bicyclic) bond motifs is 1. The maximum Gasteiger partial charge on any atom is 0.458 e. The van der Waals surface area contributed by atoms with Crippen molar-refractivity contribution >= 4 is 16.3 Å². The van der Waals surface area contributed by atoms with Crippen LogP contribution >= 0.6 is 0 Å². The molecular formula is C31H25F9O. The summed E-state index contributed by atoms with van der Waals surface area (Å²) >= 11 is 0. The molecule has 0 heterocycles. The van der Waals surface area contributed by atoms with Crippen LogP contribution in [0.5, 0.6) is 5.75 Å². The number of unbranched alkanes of at least 4 members (excludes halogenated alkanes) is 2. The third-order valence-corrected chi connectivity index (χ3v) is 7.01. The summed E-state index contributed by atoms with van der Waals surface area (Å²) in [6, 6.07) is 4.68. The quantitative estimate of drug-likeness (QED) is 0.145. The Bertz CT molecular complexity index is 1500. The summed E-state index contributed by atoms with van der Waals surface area (Å²) in [7, 11) is 0. The Labute approximate surface area is 231 Å². The van der Waals surface area contributed by atoms with Gasteiger partial charge in [-0.2, -0.15) is 22.0 Å². The fraction of sp³-hybridized carbons (Fsp3) is 0.355. The minimum absolute atomic E-state index is 0.160. The monoisotopic (exact) mass is 584 g/mol. The molecular weight excluding hydrogens is 559 g/mol. The Kier molecular flexibility index (Phi) is 8.95. The first-order valence-electron chi connectivity index (χ1n) is 13.1. The lowest BCUT2D eigenvalue weighted by molar-refractivity contribution is -0.189.